The molecule has 0 bridgehead atoms. The number of hydrogen-bond donors (Lipinski definition) is 2. The molecule has 0 saturated heterocycles. The van der Waals surface area contributed by atoms with Crippen molar-refractivity contribution in [3.63, 3.8) is 0 Å². The summed E-state index contributed by atoms with van der Waals surface area (Å²) in [6.07, 6.45) is 8.64. The van der Waals surface area contributed by atoms with Gasteiger partial charge in [-0.05, 0) is 43.9 Å². The second-order valence-electron chi connectivity index (χ2n) is 6.84. The Bertz CT molecular complexity index is 923. The van der Waals surface area contributed by atoms with Gasteiger partial charge < -0.3 is 10.6 Å². The van der Waals surface area contributed by atoms with Crippen LogP contribution in [0.15, 0.2) is 48.8 Å². The summed E-state index contributed by atoms with van der Waals surface area (Å²) in [5.41, 5.74) is 3.82. The molecule has 1 aromatic carbocycles. The smallest absolute Gasteiger partial charge is 0.272 e. The van der Waals surface area contributed by atoms with Gasteiger partial charge in [0.25, 0.3) is 5.91 Å². The fourth-order valence-electron chi connectivity index (χ4n) is 3.57. The molecule has 7 nitrogen and oxygen atoms in total. The minimum absolute atomic E-state index is 0.122. The zero-order valence-corrected chi connectivity index (χ0v) is 15.8. The number of anilines is 1. The Morgan fingerprint density at radius 1 is 0.964 bits per heavy atom. The number of carbonyl (C=O) groups is 1. The largest absolute Gasteiger partial charge is 0.352 e. The van der Waals surface area contributed by atoms with E-state index in [1.54, 1.807) is 18.5 Å². The SMILES string of the molecule is O=C(NCCNc1ncccn1)c1nn(-c2ccccc2)c2c1CCCCC2. The second-order valence-corrected chi connectivity index (χ2v) is 6.84. The van der Waals surface area contributed by atoms with Crippen LogP contribution in [0, 0.1) is 0 Å². The molecule has 3 aromatic rings. The van der Waals surface area contributed by atoms with Crippen LogP contribution in [0.25, 0.3) is 5.69 Å². The van der Waals surface area contributed by atoms with Crippen LogP contribution in [0.2, 0.25) is 0 Å². The van der Waals surface area contributed by atoms with Crippen molar-refractivity contribution in [2.24, 2.45) is 0 Å². The summed E-state index contributed by atoms with van der Waals surface area (Å²) in [4.78, 5) is 21.1. The fraction of sp³-hybridized carbons (Fsp3) is 0.333. The van der Waals surface area contributed by atoms with E-state index in [0.717, 1.165) is 36.9 Å². The molecular formula is C21H24N6O. The van der Waals surface area contributed by atoms with Crippen molar-refractivity contribution in [3.05, 3.63) is 65.7 Å². The van der Waals surface area contributed by atoms with Gasteiger partial charge in [0.05, 0.1) is 5.69 Å². The number of fused-ring (bicyclic) bond motifs is 1. The van der Waals surface area contributed by atoms with Gasteiger partial charge in [0.2, 0.25) is 5.95 Å². The second kappa shape index (κ2) is 8.65. The molecule has 2 heterocycles. The summed E-state index contributed by atoms with van der Waals surface area (Å²) in [5, 5.41) is 10.8. The Hall–Kier alpha value is -3.22. The molecule has 0 spiro atoms. The molecule has 4 rings (SSSR count). The number of aromatic nitrogens is 4. The third-order valence-electron chi connectivity index (χ3n) is 4.91. The minimum atomic E-state index is -0.122. The Morgan fingerprint density at radius 3 is 2.57 bits per heavy atom. The Kier molecular flexibility index (Phi) is 5.61. The van der Waals surface area contributed by atoms with Gasteiger partial charge in [-0.25, -0.2) is 14.6 Å². The summed E-state index contributed by atoms with van der Waals surface area (Å²) in [7, 11) is 0. The van der Waals surface area contributed by atoms with Gasteiger partial charge in [-0.3, -0.25) is 4.79 Å². The lowest BCUT2D eigenvalue weighted by Gasteiger charge is -2.06. The highest BCUT2D eigenvalue weighted by molar-refractivity contribution is 5.94. The molecule has 1 amide bonds. The van der Waals surface area contributed by atoms with Crippen LogP contribution in [-0.2, 0) is 12.8 Å². The van der Waals surface area contributed by atoms with Crippen LogP contribution >= 0.6 is 0 Å². The van der Waals surface area contributed by atoms with E-state index in [-0.39, 0.29) is 5.91 Å². The normalized spacial score (nSPS) is 13.4. The average molecular weight is 376 g/mol. The van der Waals surface area contributed by atoms with Gasteiger partial charge in [0.15, 0.2) is 5.69 Å². The van der Waals surface area contributed by atoms with Gasteiger partial charge in [0.1, 0.15) is 0 Å². The molecule has 0 atom stereocenters. The zero-order chi connectivity index (χ0) is 19.2. The van der Waals surface area contributed by atoms with E-state index in [1.807, 2.05) is 35.0 Å². The maximum absolute atomic E-state index is 12.8. The number of nitrogens with one attached hydrogen (secondary N) is 2. The van der Waals surface area contributed by atoms with Crippen molar-refractivity contribution in [2.75, 3.05) is 18.4 Å². The van der Waals surface area contributed by atoms with Crippen LogP contribution in [0.3, 0.4) is 0 Å². The number of carbonyl (C=O) groups excluding carboxylic acids is 1. The van der Waals surface area contributed by atoms with Gasteiger partial charge in [-0.15, -0.1) is 0 Å². The summed E-state index contributed by atoms with van der Waals surface area (Å²) in [6.45, 7) is 1.03. The molecule has 0 fully saturated rings. The topological polar surface area (TPSA) is 84.7 Å². The maximum Gasteiger partial charge on any atom is 0.272 e. The lowest BCUT2D eigenvalue weighted by Crippen LogP contribution is -2.30. The highest BCUT2D eigenvalue weighted by Gasteiger charge is 2.24. The quantitative estimate of drug-likeness (QED) is 0.510. The first-order valence-electron chi connectivity index (χ1n) is 9.78. The Balaban J connectivity index is 1.48. The van der Waals surface area contributed by atoms with Gasteiger partial charge in [-0.1, -0.05) is 24.6 Å². The molecule has 0 saturated carbocycles. The Labute approximate surface area is 164 Å². The van der Waals surface area contributed by atoms with Gasteiger partial charge >= 0.3 is 0 Å². The third-order valence-corrected chi connectivity index (χ3v) is 4.91. The van der Waals surface area contributed by atoms with Crippen molar-refractivity contribution in [1.29, 1.82) is 0 Å². The monoisotopic (exact) mass is 376 g/mol. The maximum atomic E-state index is 12.8. The van der Waals surface area contributed by atoms with E-state index in [1.165, 1.54) is 12.1 Å². The molecule has 7 heteroatoms. The molecule has 0 unspecified atom stereocenters. The van der Waals surface area contributed by atoms with Crippen molar-refractivity contribution < 1.29 is 4.79 Å². The molecule has 28 heavy (non-hydrogen) atoms. The molecule has 2 aromatic heterocycles. The first-order valence-corrected chi connectivity index (χ1v) is 9.78. The van der Waals surface area contributed by atoms with E-state index in [4.69, 9.17) is 5.10 Å². The minimum Gasteiger partial charge on any atom is -0.352 e. The summed E-state index contributed by atoms with van der Waals surface area (Å²) < 4.78 is 1.95. The van der Waals surface area contributed by atoms with Crippen molar-refractivity contribution >= 4 is 11.9 Å². The predicted octanol–water partition coefficient (Wildman–Crippen LogP) is 2.77. The van der Waals surface area contributed by atoms with Crippen molar-refractivity contribution in [2.45, 2.75) is 32.1 Å². The summed E-state index contributed by atoms with van der Waals surface area (Å²) >= 11 is 0. The Morgan fingerprint density at radius 2 is 1.75 bits per heavy atom. The summed E-state index contributed by atoms with van der Waals surface area (Å²) in [5.74, 6) is 0.433. The van der Waals surface area contributed by atoms with Crippen LogP contribution in [0.5, 0.6) is 0 Å². The number of benzene rings is 1. The highest BCUT2D eigenvalue weighted by atomic mass is 16.2. The van der Waals surface area contributed by atoms with E-state index in [0.29, 0.717) is 24.7 Å². The molecule has 0 radical (unpaired) electrons. The fourth-order valence-corrected chi connectivity index (χ4v) is 3.57. The molecule has 144 valence electrons. The van der Waals surface area contributed by atoms with Crippen LogP contribution in [0.4, 0.5) is 5.95 Å². The average Bonchev–Trinajstić information content (AvgIpc) is 2.93. The molecule has 1 aliphatic rings. The number of para-hydroxylation sites is 1. The predicted molar refractivity (Wildman–Crippen MR) is 108 cm³/mol. The number of rotatable bonds is 6. The first-order chi connectivity index (χ1) is 13.8. The molecule has 2 N–H and O–H groups in total. The molecule has 0 aliphatic heterocycles. The standard InChI is InChI=1S/C21H24N6O/c28-20(22-14-15-25-21-23-12-7-13-24-21)19-17-10-5-2-6-11-18(17)27(26-19)16-8-3-1-4-9-16/h1,3-4,7-9,12-13H,2,5-6,10-11,14-15H2,(H,22,28)(H,23,24,25). The molecular weight excluding hydrogens is 352 g/mol. The van der Waals surface area contributed by atoms with E-state index in [2.05, 4.69) is 20.6 Å². The van der Waals surface area contributed by atoms with Crippen LogP contribution in [-0.4, -0.2) is 38.7 Å². The number of hydrogen-bond acceptors (Lipinski definition) is 5. The van der Waals surface area contributed by atoms with Crippen molar-refractivity contribution in [1.82, 2.24) is 25.1 Å². The zero-order valence-electron chi connectivity index (χ0n) is 15.8. The first kappa shape index (κ1) is 18.2. The number of amides is 1. The third kappa shape index (κ3) is 4.03. The van der Waals surface area contributed by atoms with Crippen molar-refractivity contribution in [3.8, 4) is 5.69 Å². The summed E-state index contributed by atoms with van der Waals surface area (Å²) in [6, 6.07) is 11.8. The highest BCUT2D eigenvalue weighted by Crippen LogP contribution is 2.26. The van der Waals surface area contributed by atoms with E-state index >= 15 is 0 Å². The molecule has 1 aliphatic carbocycles. The van der Waals surface area contributed by atoms with E-state index < -0.39 is 0 Å². The van der Waals surface area contributed by atoms with Gasteiger partial charge in [0, 0.05) is 36.7 Å². The van der Waals surface area contributed by atoms with Crippen LogP contribution in [0.1, 0.15) is 41.0 Å². The lowest BCUT2D eigenvalue weighted by atomic mass is 10.1. The van der Waals surface area contributed by atoms with E-state index in [9.17, 15) is 4.79 Å². The lowest BCUT2D eigenvalue weighted by molar-refractivity contribution is 0.0949. The number of nitrogens with zero attached hydrogens (tertiary/aromatic N) is 4. The van der Waals surface area contributed by atoms with Gasteiger partial charge in [-0.2, -0.15) is 5.10 Å². The van der Waals surface area contributed by atoms with Crippen LogP contribution < -0.4 is 10.6 Å².